The lowest BCUT2D eigenvalue weighted by atomic mass is 10.2. The average molecular weight is 358 g/mol. The van der Waals surface area contributed by atoms with E-state index in [1.54, 1.807) is 6.20 Å². The van der Waals surface area contributed by atoms with Crippen LogP contribution in [-0.4, -0.2) is 31.4 Å². The highest BCUT2D eigenvalue weighted by Gasteiger charge is 2.02. The maximum atomic E-state index is 5.99. The molecule has 0 saturated heterocycles. The Kier molecular flexibility index (Phi) is 6.09. The van der Waals surface area contributed by atoms with Crippen molar-refractivity contribution < 1.29 is 14.2 Å². The first kappa shape index (κ1) is 17.5. The van der Waals surface area contributed by atoms with Crippen LogP contribution in [-0.2, 0) is 4.74 Å². The van der Waals surface area contributed by atoms with Crippen LogP contribution in [0, 0.1) is 6.92 Å². The van der Waals surface area contributed by atoms with E-state index >= 15 is 0 Å². The predicted octanol–water partition coefficient (Wildman–Crippen LogP) is 4.67. The number of halogens is 1. The van der Waals surface area contributed by atoms with E-state index in [-0.39, 0.29) is 0 Å². The SMILES string of the molecule is Cc1cc(OCCOCCOc2cccc3cccnc23)ccc1Cl. The molecule has 3 aromatic rings. The molecule has 0 unspecified atom stereocenters. The van der Waals surface area contributed by atoms with E-state index in [0.717, 1.165) is 33.0 Å². The summed E-state index contributed by atoms with van der Waals surface area (Å²) < 4.78 is 16.9. The van der Waals surface area contributed by atoms with Gasteiger partial charge in [0.05, 0.1) is 13.2 Å². The second-order valence-corrected chi connectivity index (χ2v) is 5.96. The minimum absolute atomic E-state index is 0.468. The van der Waals surface area contributed by atoms with Crippen LogP contribution in [0.25, 0.3) is 10.9 Å². The monoisotopic (exact) mass is 357 g/mol. The molecular weight excluding hydrogens is 338 g/mol. The van der Waals surface area contributed by atoms with Crippen LogP contribution in [0.3, 0.4) is 0 Å². The van der Waals surface area contributed by atoms with Gasteiger partial charge in [-0.25, -0.2) is 0 Å². The minimum atomic E-state index is 0.468. The van der Waals surface area contributed by atoms with Crippen molar-refractivity contribution >= 4 is 22.5 Å². The molecule has 5 heteroatoms. The topological polar surface area (TPSA) is 40.6 Å². The van der Waals surface area contributed by atoms with Gasteiger partial charge >= 0.3 is 0 Å². The summed E-state index contributed by atoms with van der Waals surface area (Å²) in [5.74, 6) is 1.57. The highest BCUT2D eigenvalue weighted by molar-refractivity contribution is 6.31. The predicted molar refractivity (Wildman–Crippen MR) is 99.7 cm³/mol. The Balaban J connectivity index is 1.37. The van der Waals surface area contributed by atoms with Gasteiger partial charge in [-0.15, -0.1) is 0 Å². The zero-order valence-corrected chi connectivity index (χ0v) is 14.8. The molecule has 3 rings (SSSR count). The van der Waals surface area contributed by atoms with Gasteiger partial charge in [-0.2, -0.15) is 0 Å². The number of hydrogen-bond donors (Lipinski definition) is 0. The summed E-state index contributed by atoms with van der Waals surface area (Å²) in [6.07, 6.45) is 1.77. The molecule has 4 nitrogen and oxygen atoms in total. The number of aryl methyl sites for hydroxylation is 1. The highest BCUT2D eigenvalue weighted by Crippen LogP contribution is 2.23. The molecule has 0 amide bonds. The van der Waals surface area contributed by atoms with Gasteiger partial charge in [0.2, 0.25) is 0 Å². The normalized spacial score (nSPS) is 10.8. The second kappa shape index (κ2) is 8.70. The summed E-state index contributed by atoms with van der Waals surface area (Å²) >= 11 is 5.99. The fourth-order valence-corrected chi connectivity index (χ4v) is 2.55. The number of ether oxygens (including phenoxy) is 3. The molecule has 0 aliphatic carbocycles. The Hall–Kier alpha value is -2.30. The molecule has 0 fully saturated rings. The van der Waals surface area contributed by atoms with E-state index in [9.17, 15) is 0 Å². The highest BCUT2D eigenvalue weighted by atomic mass is 35.5. The van der Waals surface area contributed by atoms with Crippen molar-refractivity contribution in [1.29, 1.82) is 0 Å². The Labute approximate surface area is 152 Å². The standard InChI is InChI=1S/C20H20ClNO3/c1-15-14-17(7-8-18(15)21)24-12-10-23-11-13-25-19-6-2-4-16-5-3-9-22-20(16)19/h2-9,14H,10-13H2,1H3. The Bertz CT molecular complexity index is 833. The van der Waals surface area contributed by atoms with Gasteiger partial charge in [0.1, 0.15) is 30.2 Å². The van der Waals surface area contributed by atoms with Crippen LogP contribution in [0.5, 0.6) is 11.5 Å². The summed E-state index contributed by atoms with van der Waals surface area (Å²) in [6, 6.07) is 15.4. The summed E-state index contributed by atoms with van der Waals surface area (Å²) in [4.78, 5) is 4.36. The Morgan fingerprint density at radius 1 is 0.920 bits per heavy atom. The van der Waals surface area contributed by atoms with Crippen molar-refractivity contribution in [3.05, 3.63) is 65.3 Å². The number of fused-ring (bicyclic) bond motifs is 1. The smallest absolute Gasteiger partial charge is 0.145 e. The average Bonchev–Trinajstić information content (AvgIpc) is 2.64. The molecule has 25 heavy (non-hydrogen) atoms. The van der Waals surface area contributed by atoms with E-state index in [1.807, 2.05) is 55.5 Å². The largest absolute Gasteiger partial charge is 0.491 e. The van der Waals surface area contributed by atoms with Gasteiger partial charge in [-0.3, -0.25) is 4.98 Å². The first-order valence-electron chi connectivity index (χ1n) is 8.17. The number of hydrogen-bond acceptors (Lipinski definition) is 4. The quantitative estimate of drug-likeness (QED) is 0.549. The first-order chi connectivity index (χ1) is 12.2. The second-order valence-electron chi connectivity index (χ2n) is 5.55. The van der Waals surface area contributed by atoms with Crippen LogP contribution in [0.2, 0.25) is 5.02 Å². The van der Waals surface area contributed by atoms with Crippen molar-refractivity contribution in [3.63, 3.8) is 0 Å². The summed E-state index contributed by atoms with van der Waals surface area (Å²) in [5, 5.41) is 1.80. The minimum Gasteiger partial charge on any atom is -0.491 e. The van der Waals surface area contributed by atoms with E-state index in [2.05, 4.69) is 4.98 Å². The molecule has 0 aliphatic heterocycles. The number of benzene rings is 2. The summed E-state index contributed by atoms with van der Waals surface area (Å²) in [7, 11) is 0. The van der Waals surface area contributed by atoms with Crippen molar-refractivity contribution in [2.45, 2.75) is 6.92 Å². The van der Waals surface area contributed by atoms with Gasteiger partial charge in [0, 0.05) is 16.6 Å². The van der Waals surface area contributed by atoms with Crippen molar-refractivity contribution in [2.24, 2.45) is 0 Å². The lowest BCUT2D eigenvalue weighted by Crippen LogP contribution is -2.12. The molecule has 0 radical (unpaired) electrons. The number of rotatable bonds is 8. The third kappa shape index (κ3) is 4.84. The van der Waals surface area contributed by atoms with E-state index in [0.29, 0.717) is 26.4 Å². The summed E-state index contributed by atoms with van der Waals surface area (Å²) in [6.45, 7) is 3.89. The first-order valence-corrected chi connectivity index (χ1v) is 8.55. The van der Waals surface area contributed by atoms with Crippen LogP contribution < -0.4 is 9.47 Å². The number of para-hydroxylation sites is 1. The Morgan fingerprint density at radius 3 is 2.56 bits per heavy atom. The van der Waals surface area contributed by atoms with Gasteiger partial charge < -0.3 is 14.2 Å². The molecule has 1 heterocycles. The van der Waals surface area contributed by atoms with Crippen LogP contribution >= 0.6 is 11.6 Å². The molecule has 0 spiro atoms. The Morgan fingerprint density at radius 2 is 1.72 bits per heavy atom. The van der Waals surface area contributed by atoms with Crippen molar-refractivity contribution in [2.75, 3.05) is 26.4 Å². The van der Waals surface area contributed by atoms with Crippen LogP contribution in [0.1, 0.15) is 5.56 Å². The van der Waals surface area contributed by atoms with Gasteiger partial charge in [-0.1, -0.05) is 29.8 Å². The molecule has 0 saturated carbocycles. The number of nitrogens with zero attached hydrogens (tertiary/aromatic N) is 1. The molecule has 2 aromatic carbocycles. The molecule has 0 atom stereocenters. The molecular formula is C20H20ClNO3. The fraction of sp³-hybridized carbons (Fsp3) is 0.250. The molecule has 0 bridgehead atoms. The summed E-state index contributed by atoms with van der Waals surface area (Å²) in [5.41, 5.74) is 1.86. The third-order valence-corrected chi connectivity index (χ3v) is 4.13. The van der Waals surface area contributed by atoms with Gasteiger partial charge in [0.25, 0.3) is 0 Å². The van der Waals surface area contributed by atoms with Gasteiger partial charge in [-0.05, 0) is 42.8 Å². The van der Waals surface area contributed by atoms with E-state index in [1.165, 1.54) is 0 Å². The lowest BCUT2D eigenvalue weighted by molar-refractivity contribution is 0.0767. The van der Waals surface area contributed by atoms with Crippen molar-refractivity contribution in [3.8, 4) is 11.5 Å². The van der Waals surface area contributed by atoms with Crippen molar-refractivity contribution in [1.82, 2.24) is 4.98 Å². The lowest BCUT2D eigenvalue weighted by Gasteiger charge is -2.10. The maximum Gasteiger partial charge on any atom is 0.145 e. The molecule has 0 aliphatic rings. The van der Waals surface area contributed by atoms with E-state index in [4.69, 9.17) is 25.8 Å². The number of pyridine rings is 1. The number of aromatic nitrogens is 1. The van der Waals surface area contributed by atoms with Crippen LogP contribution in [0.4, 0.5) is 0 Å². The zero-order chi connectivity index (χ0) is 17.5. The molecule has 1 aromatic heterocycles. The molecule has 0 N–H and O–H groups in total. The van der Waals surface area contributed by atoms with E-state index < -0.39 is 0 Å². The van der Waals surface area contributed by atoms with Crippen LogP contribution in [0.15, 0.2) is 54.7 Å². The maximum absolute atomic E-state index is 5.99. The zero-order valence-electron chi connectivity index (χ0n) is 14.1. The third-order valence-electron chi connectivity index (χ3n) is 3.71. The fourth-order valence-electron chi connectivity index (χ4n) is 2.43. The van der Waals surface area contributed by atoms with Gasteiger partial charge in [0.15, 0.2) is 0 Å². The molecule has 130 valence electrons.